The number of benzene rings is 1. The highest BCUT2D eigenvalue weighted by molar-refractivity contribution is 6.44. The average molecular weight is 317 g/mol. The zero-order chi connectivity index (χ0) is 15.1. The Morgan fingerprint density at radius 3 is 2.65 bits per heavy atom. The van der Waals surface area contributed by atoms with E-state index in [0.29, 0.717) is 28.7 Å². The quantitative estimate of drug-likeness (QED) is 0.726. The molecule has 0 radical (unpaired) electrons. The van der Waals surface area contributed by atoms with E-state index in [2.05, 4.69) is 19.2 Å². The minimum Gasteiger partial charge on any atom is -0.399 e. The number of hydrogen-bond acceptors (Lipinski definition) is 2. The number of rotatable bonds is 7. The van der Waals surface area contributed by atoms with Crippen LogP contribution in [0.1, 0.15) is 49.9 Å². The third-order valence-electron chi connectivity index (χ3n) is 3.39. The first kappa shape index (κ1) is 17.1. The van der Waals surface area contributed by atoms with Crippen LogP contribution < -0.4 is 11.1 Å². The fraction of sp³-hybridized carbons (Fsp3) is 0.533. The van der Waals surface area contributed by atoms with Crippen molar-refractivity contribution in [3.8, 4) is 0 Å². The number of nitrogens with one attached hydrogen (secondary N) is 1. The van der Waals surface area contributed by atoms with E-state index in [-0.39, 0.29) is 10.9 Å². The molecule has 20 heavy (non-hydrogen) atoms. The Morgan fingerprint density at radius 2 is 2.05 bits per heavy atom. The van der Waals surface area contributed by atoms with Crippen molar-refractivity contribution in [2.75, 3.05) is 12.3 Å². The summed E-state index contributed by atoms with van der Waals surface area (Å²) in [4.78, 5) is 12.2. The van der Waals surface area contributed by atoms with E-state index in [1.54, 1.807) is 6.07 Å². The summed E-state index contributed by atoms with van der Waals surface area (Å²) in [6.45, 7) is 4.95. The summed E-state index contributed by atoms with van der Waals surface area (Å²) < 4.78 is 0. The lowest BCUT2D eigenvalue weighted by molar-refractivity contribution is 0.0946. The summed E-state index contributed by atoms with van der Waals surface area (Å²) in [6, 6.07) is 3.09. The van der Waals surface area contributed by atoms with Gasteiger partial charge >= 0.3 is 0 Å². The molecule has 5 heteroatoms. The Hall–Kier alpha value is -0.930. The lowest BCUT2D eigenvalue weighted by atomic mass is 9.99. The molecule has 0 saturated carbocycles. The van der Waals surface area contributed by atoms with Crippen LogP contribution in [0.25, 0.3) is 0 Å². The molecule has 1 atom stereocenters. The Kier molecular flexibility index (Phi) is 7.17. The van der Waals surface area contributed by atoms with E-state index >= 15 is 0 Å². The van der Waals surface area contributed by atoms with E-state index in [9.17, 15) is 4.79 Å². The van der Waals surface area contributed by atoms with Gasteiger partial charge in [-0.3, -0.25) is 4.79 Å². The minimum absolute atomic E-state index is 0.223. The van der Waals surface area contributed by atoms with Crippen LogP contribution in [0.3, 0.4) is 0 Å². The van der Waals surface area contributed by atoms with Gasteiger partial charge in [0, 0.05) is 12.2 Å². The molecule has 0 aromatic heterocycles. The van der Waals surface area contributed by atoms with Crippen molar-refractivity contribution in [1.29, 1.82) is 0 Å². The fourth-order valence-electron chi connectivity index (χ4n) is 2.05. The highest BCUT2D eigenvalue weighted by atomic mass is 35.5. The molecule has 3 nitrogen and oxygen atoms in total. The van der Waals surface area contributed by atoms with E-state index in [1.807, 2.05) is 0 Å². The summed E-state index contributed by atoms with van der Waals surface area (Å²) in [7, 11) is 0. The van der Waals surface area contributed by atoms with Gasteiger partial charge in [0.15, 0.2) is 0 Å². The van der Waals surface area contributed by atoms with Crippen LogP contribution in [0, 0.1) is 5.92 Å². The third kappa shape index (κ3) is 4.88. The van der Waals surface area contributed by atoms with Crippen LogP contribution in [0.2, 0.25) is 10.0 Å². The van der Waals surface area contributed by atoms with Crippen LogP contribution in [-0.2, 0) is 0 Å². The number of unbranched alkanes of at least 4 members (excludes halogenated alkanes) is 1. The standard InChI is InChI=1S/C15H22Cl2N2O/c1-3-5-6-10(4-2)9-19-15(20)12-7-11(18)8-13(16)14(12)17/h7-8,10H,3-6,9,18H2,1-2H3,(H,19,20). The van der Waals surface area contributed by atoms with Crippen molar-refractivity contribution in [2.24, 2.45) is 5.92 Å². The number of carbonyl (C=O) groups is 1. The van der Waals surface area contributed by atoms with Gasteiger partial charge < -0.3 is 11.1 Å². The normalized spacial score (nSPS) is 12.2. The molecule has 0 bridgehead atoms. The topological polar surface area (TPSA) is 55.1 Å². The van der Waals surface area contributed by atoms with Crippen molar-refractivity contribution in [3.05, 3.63) is 27.7 Å². The first-order chi connectivity index (χ1) is 9.49. The molecule has 0 fully saturated rings. The zero-order valence-electron chi connectivity index (χ0n) is 12.0. The summed E-state index contributed by atoms with van der Waals surface area (Å²) in [5, 5.41) is 3.47. The molecule has 1 aromatic carbocycles. The Morgan fingerprint density at radius 1 is 1.35 bits per heavy atom. The third-order valence-corrected chi connectivity index (χ3v) is 4.19. The highest BCUT2D eigenvalue weighted by Crippen LogP contribution is 2.28. The van der Waals surface area contributed by atoms with Gasteiger partial charge in [-0.25, -0.2) is 0 Å². The van der Waals surface area contributed by atoms with Crippen LogP contribution >= 0.6 is 23.2 Å². The Bertz CT molecular complexity index is 463. The van der Waals surface area contributed by atoms with Crippen LogP contribution in [0.4, 0.5) is 5.69 Å². The Labute approximate surface area is 130 Å². The van der Waals surface area contributed by atoms with Crippen LogP contribution in [-0.4, -0.2) is 12.5 Å². The monoisotopic (exact) mass is 316 g/mol. The molecule has 1 aromatic rings. The summed E-state index contributed by atoms with van der Waals surface area (Å²) in [5.74, 6) is 0.272. The largest absolute Gasteiger partial charge is 0.399 e. The minimum atomic E-state index is -0.223. The second kappa shape index (κ2) is 8.38. The van der Waals surface area contributed by atoms with E-state index in [1.165, 1.54) is 18.9 Å². The van der Waals surface area contributed by atoms with E-state index < -0.39 is 0 Å². The second-order valence-corrected chi connectivity index (χ2v) is 5.78. The summed E-state index contributed by atoms with van der Waals surface area (Å²) in [6.07, 6.45) is 4.52. The number of nitrogens with two attached hydrogens (primary N) is 1. The number of amides is 1. The van der Waals surface area contributed by atoms with E-state index in [0.717, 1.165) is 12.8 Å². The molecule has 1 rings (SSSR count). The molecular weight excluding hydrogens is 295 g/mol. The van der Waals surface area contributed by atoms with Crippen LogP contribution in [0.5, 0.6) is 0 Å². The van der Waals surface area contributed by atoms with Gasteiger partial charge in [0.2, 0.25) is 0 Å². The predicted molar refractivity (Wildman–Crippen MR) is 86.5 cm³/mol. The molecule has 0 heterocycles. The molecule has 1 unspecified atom stereocenters. The van der Waals surface area contributed by atoms with Gasteiger partial charge in [0.25, 0.3) is 5.91 Å². The lowest BCUT2D eigenvalue weighted by Crippen LogP contribution is -2.29. The first-order valence-electron chi connectivity index (χ1n) is 7.02. The van der Waals surface area contributed by atoms with E-state index in [4.69, 9.17) is 28.9 Å². The summed E-state index contributed by atoms with van der Waals surface area (Å²) >= 11 is 12.0. The lowest BCUT2D eigenvalue weighted by Gasteiger charge is -2.16. The molecule has 0 saturated heterocycles. The highest BCUT2D eigenvalue weighted by Gasteiger charge is 2.15. The maximum Gasteiger partial charge on any atom is 0.252 e. The van der Waals surface area contributed by atoms with Gasteiger partial charge in [0.1, 0.15) is 0 Å². The van der Waals surface area contributed by atoms with Gasteiger partial charge in [-0.1, -0.05) is 56.3 Å². The van der Waals surface area contributed by atoms with Crippen molar-refractivity contribution in [3.63, 3.8) is 0 Å². The molecule has 112 valence electrons. The fourth-order valence-corrected chi connectivity index (χ4v) is 2.47. The summed E-state index contributed by atoms with van der Waals surface area (Å²) in [5.41, 5.74) is 6.46. The molecule has 0 aliphatic heterocycles. The number of anilines is 1. The molecule has 3 N–H and O–H groups in total. The molecule has 0 spiro atoms. The predicted octanol–water partition coefficient (Wildman–Crippen LogP) is 4.52. The van der Waals surface area contributed by atoms with Gasteiger partial charge in [-0.05, 0) is 24.5 Å². The number of carbonyl (C=O) groups excluding carboxylic acids is 1. The molecular formula is C15H22Cl2N2O. The zero-order valence-corrected chi connectivity index (χ0v) is 13.5. The number of halogens is 2. The van der Waals surface area contributed by atoms with Crippen LogP contribution in [0.15, 0.2) is 12.1 Å². The number of nitrogen functional groups attached to an aromatic ring is 1. The molecule has 0 aliphatic carbocycles. The molecule has 0 aliphatic rings. The first-order valence-corrected chi connectivity index (χ1v) is 7.77. The van der Waals surface area contributed by atoms with Gasteiger partial charge in [-0.2, -0.15) is 0 Å². The van der Waals surface area contributed by atoms with Gasteiger partial charge in [-0.15, -0.1) is 0 Å². The smallest absolute Gasteiger partial charge is 0.252 e. The molecule has 1 amide bonds. The van der Waals surface area contributed by atoms with Crippen molar-refractivity contribution in [1.82, 2.24) is 5.32 Å². The Balaban J connectivity index is 2.67. The SMILES string of the molecule is CCCCC(CC)CNC(=O)c1cc(N)cc(Cl)c1Cl. The van der Waals surface area contributed by atoms with Gasteiger partial charge in [0.05, 0.1) is 15.6 Å². The maximum absolute atomic E-state index is 12.2. The number of hydrogen-bond donors (Lipinski definition) is 2. The second-order valence-electron chi connectivity index (χ2n) is 4.99. The average Bonchev–Trinajstić information content (AvgIpc) is 2.42. The van der Waals surface area contributed by atoms with Crippen molar-refractivity contribution in [2.45, 2.75) is 39.5 Å². The maximum atomic E-state index is 12.2. The van der Waals surface area contributed by atoms with Crippen molar-refractivity contribution >= 4 is 34.8 Å². The van der Waals surface area contributed by atoms with Crippen molar-refractivity contribution < 1.29 is 4.79 Å².